The number of piperidine rings is 1. The van der Waals surface area contributed by atoms with Crippen LogP contribution in [-0.4, -0.2) is 59.9 Å². The van der Waals surface area contributed by atoms with E-state index in [9.17, 15) is 5.11 Å². The van der Waals surface area contributed by atoms with E-state index in [1.165, 1.54) is 0 Å². The smallest absolute Gasteiger partial charge is 0.145 e. The molecular formula is C26H30N4O3S. The van der Waals surface area contributed by atoms with Gasteiger partial charge in [0.15, 0.2) is 0 Å². The number of hydrogen-bond donors (Lipinski definition) is 2. The highest BCUT2D eigenvalue weighted by Crippen LogP contribution is 2.30. The molecule has 1 atom stereocenters. The Labute approximate surface area is 203 Å². The van der Waals surface area contributed by atoms with Crippen molar-refractivity contribution in [3.8, 4) is 11.5 Å². The number of hydrogen-bond acceptors (Lipinski definition) is 8. The van der Waals surface area contributed by atoms with Crippen molar-refractivity contribution in [1.29, 1.82) is 0 Å². The van der Waals surface area contributed by atoms with Crippen molar-refractivity contribution in [2.24, 2.45) is 0 Å². The molecule has 34 heavy (non-hydrogen) atoms. The van der Waals surface area contributed by atoms with Crippen molar-refractivity contribution >= 4 is 32.5 Å². The lowest BCUT2D eigenvalue weighted by Gasteiger charge is -2.33. The van der Waals surface area contributed by atoms with Crippen molar-refractivity contribution in [1.82, 2.24) is 20.2 Å². The molecule has 0 amide bonds. The van der Waals surface area contributed by atoms with Crippen LogP contribution in [0.15, 0.2) is 48.7 Å². The first kappa shape index (κ1) is 23.0. The summed E-state index contributed by atoms with van der Waals surface area (Å²) < 4.78 is 11.9. The van der Waals surface area contributed by atoms with E-state index in [0.29, 0.717) is 12.6 Å². The fourth-order valence-electron chi connectivity index (χ4n) is 4.68. The zero-order valence-electron chi connectivity index (χ0n) is 19.5. The molecule has 0 radical (unpaired) electrons. The molecule has 4 aromatic rings. The number of aliphatic hydroxyl groups is 1. The second-order valence-corrected chi connectivity index (χ2v) is 9.78. The van der Waals surface area contributed by atoms with Crippen molar-refractivity contribution in [2.75, 3.05) is 33.9 Å². The van der Waals surface area contributed by atoms with Crippen molar-refractivity contribution < 1.29 is 14.6 Å². The van der Waals surface area contributed by atoms with Crippen LogP contribution in [0.5, 0.6) is 11.5 Å². The molecule has 1 aliphatic heterocycles. The largest absolute Gasteiger partial charge is 0.497 e. The van der Waals surface area contributed by atoms with Crippen molar-refractivity contribution in [2.45, 2.75) is 31.5 Å². The number of ether oxygens (including phenoxy) is 2. The van der Waals surface area contributed by atoms with E-state index in [2.05, 4.69) is 15.2 Å². The fourth-order valence-corrected chi connectivity index (χ4v) is 5.62. The number of para-hydroxylation sites is 1. The van der Waals surface area contributed by atoms with Crippen molar-refractivity contribution in [3.05, 3.63) is 59.2 Å². The number of pyridine rings is 1. The zero-order valence-corrected chi connectivity index (χ0v) is 20.3. The number of fused-ring (bicyclic) bond motifs is 2. The molecule has 0 bridgehead atoms. The maximum atomic E-state index is 11.0. The Balaban J connectivity index is 1.15. The van der Waals surface area contributed by atoms with Gasteiger partial charge in [0.2, 0.25) is 0 Å². The number of thiazole rings is 1. The van der Waals surface area contributed by atoms with Gasteiger partial charge in [-0.2, -0.15) is 0 Å². The molecule has 1 saturated heterocycles. The Kier molecular flexibility index (Phi) is 6.92. The van der Waals surface area contributed by atoms with E-state index in [1.807, 2.05) is 42.5 Å². The number of nitrogens with one attached hydrogen (secondary N) is 1. The van der Waals surface area contributed by atoms with E-state index in [-0.39, 0.29) is 0 Å². The second-order valence-electron chi connectivity index (χ2n) is 8.67. The first-order valence-electron chi connectivity index (χ1n) is 11.6. The van der Waals surface area contributed by atoms with E-state index >= 15 is 0 Å². The summed E-state index contributed by atoms with van der Waals surface area (Å²) in [4.78, 5) is 11.5. The van der Waals surface area contributed by atoms with Gasteiger partial charge in [0, 0.05) is 30.7 Å². The molecule has 5 rings (SSSR count). The average molecular weight is 479 g/mol. The summed E-state index contributed by atoms with van der Waals surface area (Å²) in [5.41, 5.74) is 2.71. The maximum absolute atomic E-state index is 11.0. The van der Waals surface area contributed by atoms with Crippen LogP contribution in [0.2, 0.25) is 0 Å². The third-order valence-electron chi connectivity index (χ3n) is 6.55. The monoisotopic (exact) mass is 478 g/mol. The quantitative estimate of drug-likeness (QED) is 0.394. The van der Waals surface area contributed by atoms with Crippen LogP contribution in [0, 0.1) is 0 Å². The van der Waals surface area contributed by atoms with Gasteiger partial charge in [-0.3, -0.25) is 4.98 Å². The Morgan fingerprint density at radius 2 is 2.00 bits per heavy atom. The number of aromatic nitrogens is 2. The molecule has 8 heteroatoms. The Hall–Kier alpha value is -2.78. The van der Waals surface area contributed by atoms with Gasteiger partial charge in [0.25, 0.3) is 0 Å². The molecule has 0 aliphatic carbocycles. The summed E-state index contributed by atoms with van der Waals surface area (Å²) in [7, 11) is 3.33. The lowest BCUT2D eigenvalue weighted by atomic mass is 10.0. The van der Waals surface area contributed by atoms with Crippen LogP contribution in [0.1, 0.15) is 29.5 Å². The molecule has 0 spiro atoms. The Morgan fingerprint density at radius 3 is 2.79 bits per heavy atom. The molecule has 2 aromatic carbocycles. The number of likely N-dealkylation sites (tertiary alicyclic amines) is 1. The van der Waals surface area contributed by atoms with Crippen LogP contribution in [-0.2, 0) is 6.54 Å². The van der Waals surface area contributed by atoms with Gasteiger partial charge in [-0.25, -0.2) is 4.98 Å². The summed E-state index contributed by atoms with van der Waals surface area (Å²) in [6, 6.07) is 14.2. The van der Waals surface area contributed by atoms with Gasteiger partial charge in [-0.05, 0) is 61.8 Å². The SMILES string of the molecule is COc1ccc2nc(CNC3CCN(CC(O)c4ccnc5c(OC)cccc45)CC3)sc2c1. The summed E-state index contributed by atoms with van der Waals surface area (Å²) in [6.45, 7) is 3.30. The minimum Gasteiger partial charge on any atom is -0.497 e. The zero-order chi connectivity index (χ0) is 23.5. The Morgan fingerprint density at radius 1 is 1.15 bits per heavy atom. The predicted octanol–water partition coefficient (Wildman–Crippen LogP) is 4.15. The molecule has 1 unspecified atom stereocenters. The predicted molar refractivity (Wildman–Crippen MR) is 136 cm³/mol. The number of β-amino-alcohol motifs (C(OH)–C–C–N with tert-alkyl or cyclic N) is 1. The topological polar surface area (TPSA) is 79.7 Å². The number of methoxy groups -OCH3 is 2. The summed E-state index contributed by atoms with van der Waals surface area (Å²) in [6.07, 6.45) is 3.28. The summed E-state index contributed by atoms with van der Waals surface area (Å²) in [5.74, 6) is 1.59. The molecule has 1 fully saturated rings. The van der Waals surface area contributed by atoms with E-state index < -0.39 is 6.10 Å². The molecule has 1 aliphatic rings. The summed E-state index contributed by atoms with van der Waals surface area (Å²) >= 11 is 1.71. The van der Waals surface area contributed by atoms with E-state index in [1.54, 1.807) is 31.8 Å². The normalized spacial score (nSPS) is 16.2. The van der Waals surface area contributed by atoms with Crippen LogP contribution < -0.4 is 14.8 Å². The van der Waals surface area contributed by atoms with Gasteiger partial charge >= 0.3 is 0 Å². The minimum atomic E-state index is -0.568. The van der Waals surface area contributed by atoms with E-state index in [4.69, 9.17) is 14.5 Å². The molecule has 0 saturated carbocycles. The lowest BCUT2D eigenvalue weighted by Crippen LogP contribution is -2.43. The second kappa shape index (κ2) is 10.2. The third kappa shape index (κ3) is 4.86. The highest BCUT2D eigenvalue weighted by atomic mass is 32.1. The minimum absolute atomic E-state index is 0.459. The van der Waals surface area contributed by atoms with Gasteiger partial charge in [-0.1, -0.05) is 12.1 Å². The first-order chi connectivity index (χ1) is 16.6. The fraction of sp³-hybridized carbons (Fsp3) is 0.385. The highest BCUT2D eigenvalue weighted by Gasteiger charge is 2.23. The number of benzene rings is 2. The molecular weight excluding hydrogens is 448 g/mol. The molecule has 2 aromatic heterocycles. The van der Waals surface area contributed by atoms with Gasteiger partial charge in [0.05, 0.1) is 30.5 Å². The molecule has 178 valence electrons. The Bertz CT molecular complexity index is 1270. The molecule has 7 nitrogen and oxygen atoms in total. The van der Waals surface area contributed by atoms with Crippen LogP contribution >= 0.6 is 11.3 Å². The average Bonchev–Trinajstić information content (AvgIpc) is 3.29. The van der Waals surface area contributed by atoms with E-state index in [0.717, 1.165) is 75.7 Å². The van der Waals surface area contributed by atoms with Crippen LogP contribution in [0.25, 0.3) is 21.1 Å². The van der Waals surface area contributed by atoms with Crippen LogP contribution in [0.4, 0.5) is 0 Å². The van der Waals surface area contributed by atoms with Crippen LogP contribution in [0.3, 0.4) is 0 Å². The number of aliphatic hydroxyl groups excluding tert-OH is 1. The van der Waals surface area contributed by atoms with Gasteiger partial charge in [-0.15, -0.1) is 11.3 Å². The van der Waals surface area contributed by atoms with Gasteiger partial charge in [0.1, 0.15) is 22.0 Å². The van der Waals surface area contributed by atoms with Crippen molar-refractivity contribution in [3.63, 3.8) is 0 Å². The molecule has 3 heterocycles. The van der Waals surface area contributed by atoms with Gasteiger partial charge < -0.3 is 24.8 Å². The summed E-state index contributed by atoms with van der Waals surface area (Å²) in [5, 5.41) is 16.7. The lowest BCUT2D eigenvalue weighted by molar-refractivity contribution is 0.0949. The number of rotatable bonds is 8. The third-order valence-corrected chi connectivity index (χ3v) is 7.57. The maximum Gasteiger partial charge on any atom is 0.145 e. The highest BCUT2D eigenvalue weighted by molar-refractivity contribution is 7.18. The number of nitrogens with zero attached hydrogens (tertiary/aromatic N) is 3. The first-order valence-corrected chi connectivity index (χ1v) is 12.4. The molecule has 2 N–H and O–H groups in total. The standard InChI is InChI=1S/C26H30N4O3S/c1-32-18-6-7-21-24(14-18)34-25(29-21)15-28-17-9-12-30(13-10-17)16-22(31)19-8-11-27-26-20(19)4-3-5-23(26)33-2/h3-8,11,14,17,22,28,31H,9-10,12-13,15-16H2,1-2H3.